The second-order valence-electron chi connectivity index (χ2n) is 3.73. The Hall–Kier alpha value is -2.63. The van der Waals surface area contributed by atoms with Crippen molar-refractivity contribution < 1.29 is 18.5 Å². The van der Waals surface area contributed by atoms with Gasteiger partial charge in [-0.2, -0.15) is 0 Å². The van der Waals surface area contributed by atoms with E-state index in [0.717, 1.165) is 24.3 Å². The minimum atomic E-state index is -0.932. The van der Waals surface area contributed by atoms with Crippen molar-refractivity contribution in [3.05, 3.63) is 75.3 Å². The van der Waals surface area contributed by atoms with Crippen molar-refractivity contribution in [2.24, 2.45) is 0 Å². The topological polar surface area (TPSA) is 60.2 Å². The molecule has 0 radical (unpaired) electrons. The van der Waals surface area contributed by atoms with Gasteiger partial charge in [-0.05, 0) is 18.2 Å². The highest BCUT2D eigenvalue weighted by Gasteiger charge is 2.20. The number of halogens is 2. The fourth-order valence-corrected chi connectivity index (χ4v) is 1.59. The molecule has 0 unspecified atom stereocenters. The van der Waals surface area contributed by atoms with Crippen LogP contribution >= 0.6 is 0 Å². The Bertz CT molecular complexity index is 671. The van der Waals surface area contributed by atoms with Gasteiger partial charge in [0.15, 0.2) is 5.78 Å². The molecule has 0 aliphatic heterocycles. The molecule has 0 atom stereocenters. The van der Waals surface area contributed by atoms with Gasteiger partial charge in [0, 0.05) is 12.1 Å². The highest BCUT2D eigenvalue weighted by molar-refractivity contribution is 6.09. The summed E-state index contributed by atoms with van der Waals surface area (Å²) in [6.07, 6.45) is 0. The average molecular weight is 263 g/mol. The zero-order valence-corrected chi connectivity index (χ0v) is 9.47. The number of nitro groups is 1. The van der Waals surface area contributed by atoms with Crippen molar-refractivity contribution in [2.45, 2.75) is 0 Å². The number of rotatable bonds is 3. The van der Waals surface area contributed by atoms with Crippen LogP contribution in [0.1, 0.15) is 15.9 Å². The summed E-state index contributed by atoms with van der Waals surface area (Å²) in [7, 11) is 0. The first-order valence-corrected chi connectivity index (χ1v) is 5.24. The zero-order chi connectivity index (χ0) is 14.0. The van der Waals surface area contributed by atoms with E-state index in [0.29, 0.717) is 0 Å². The number of benzene rings is 2. The minimum Gasteiger partial charge on any atom is -0.288 e. The molecule has 0 heterocycles. The molecule has 0 N–H and O–H groups in total. The van der Waals surface area contributed by atoms with Gasteiger partial charge in [0.05, 0.1) is 16.1 Å². The lowest BCUT2D eigenvalue weighted by atomic mass is 10.0. The van der Waals surface area contributed by atoms with Crippen LogP contribution in [0.15, 0.2) is 42.5 Å². The van der Waals surface area contributed by atoms with Gasteiger partial charge in [-0.15, -0.1) is 0 Å². The van der Waals surface area contributed by atoms with E-state index < -0.39 is 33.6 Å². The zero-order valence-electron chi connectivity index (χ0n) is 9.47. The van der Waals surface area contributed by atoms with E-state index in [1.807, 2.05) is 0 Å². The predicted octanol–water partition coefficient (Wildman–Crippen LogP) is 3.10. The Morgan fingerprint density at radius 2 is 1.63 bits per heavy atom. The van der Waals surface area contributed by atoms with Crippen molar-refractivity contribution in [2.75, 3.05) is 0 Å². The summed E-state index contributed by atoms with van der Waals surface area (Å²) in [5.74, 6) is -2.67. The lowest BCUT2D eigenvalue weighted by Gasteiger charge is -2.03. The second-order valence-corrected chi connectivity index (χ2v) is 3.73. The Morgan fingerprint density at radius 1 is 1.00 bits per heavy atom. The molecule has 2 aromatic carbocycles. The van der Waals surface area contributed by atoms with Gasteiger partial charge in [-0.3, -0.25) is 14.9 Å². The summed E-state index contributed by atoms with van der Waals surface area (Å²) in [4.78, 5) is 21.8. The number of hydrogen-bond donors (Lipinski definition) is 0. The van der Waals surface area contributed by atoms with Crippen LogP contribution in [0.2, 0.25) is 0 Å². The molecular weight excluding hydrogens is 256 g/mol. The highest BCUT2D eigenvalue weighted by atomic mass is 19.1. The van der Waals surface area contributed by atoms with Gasteiger partial charge >= 0.3 is 0 Å². The summed E-state index contributed by atoms with van der Waals surface area (Å²) in [5.41, 5.74) is -1.29. The number of ketones is 1. The smallest absolute Gasteiger partial charge is 0.270 e. The predicted molar refractivity (Wildman–Crippen MR) is 62.9 cm³/mol. The van der Waals surface area contributed by atoms with Crippen molar-refractivity contribution >= 4 is 11.5 Å². The molecule has 0 saturated heterocycles. The van der Waals surface area contributed by atoms with E-state index >= 15 is 0 Å². The Balaban J connectivity index is 2.53. The first-order chi connectivity index (χ1) is 9.00. The largest absolute Gasteiger partial charge is 0.288 e. The number of hydrogen-bond acceptors (Lipinski definition) is 3. The summed E-state index contributed by atoms with van der Waals surface area (Å²) < 4.78 is 27.0. The summed E-state index contributed by atoms with van der Waals surface area (Å²) in [6, 6.07) is 7.60. The number of carbonyl (C=O) groups excluding carboxylic acids is 1. The van der Waals surface area contributed by atoms with Gasteiger partial charge in [0.1, 0.15) is 11.6 Å². The molecule has 0 aromatic heterocycles. The fraction of sp³-hybridized carbons (Fsp3) is 0. The molecule has 4 nitrogen and oxygen atoms in total. The standard InChI is InChI=1S/C13H7F2NO3/c14-11-4-2-1-3-9(11)13(17)10-7-8(16(18)19)5-6-12(10)15/h1-7H. The monoisotopic (exact) mass is 263 g/mol. The molecule has 2 aromatic rings. The van der Waals surface area contributed by atoms with Crippen LogP contribution < -0.4 is 0 Å². The third-order valence-electron chi connectivity index (χ3n) is 2.52. The maximum atomic E-state index is 13.5. The third kappa shape index (κ3) is 2.47. The van der Waals surface area contributed by atoms with Crippen LogP contribution in [0, 0.1) is 21.7 Å². The van der Waals surface area contributed by atoms with E-state index in [4.69, 9.17) is 0 Å². The van der Waals surface area contributed by atoms with Crippen molar-refractivity contribution in [3.63, 3.8) is 0 Å². The molecule has 0 fully saturated rings. The van der Waals surface area contributed by atoms with E-state index in [9.17, 15) is 23.7 Å². The molecule has 96 valence electrons. The van der Waals surface area contributed by atoms with Crippen LogP contribution in [0.3, 0.4) is 0 Å². The van der Waals surface area contributed by atoms with Gasteiger partial charge in [-0.1, -0.05) is 12.1 Å². The maximum Gasteiger partial charge on any atom is 0.270 e. The van der Waals surface area contributed by atoms with Gasteiger partial charge in [-0.25, -0.2) is 8.78 Å². The quantitative estimate of drug-likeness (QED) is 0.485. The lowest BCUT2D eigenvalue weighted by Crippen LogP contribution is -2.07. The van der Waals surface area contributed by atoms with Crippen LogP contribution in [-0.4, -0.2) is 10.7 Å². The number of nitro benzene ring substituents is 1. The van der Waals surface area contributed by atoms with Gasteiger partial charge < -0.3 is 0 Å². The summed E-state index contributed by atoms with van der Waals surface area (Å²) >= 11 is 0. The molecule has 19 heavy (non-hydrogen) atoms. The van der Waals surface area contributed by atoms with Crippen LogP contribution in [0.5, 0.6) is 0 Å². The van der Waals surface area contributed by atoms with E-state index in [1.165, 1.54) is 18.2 Å². The molecule has 0 bridgehead atoms. The Morgan fingerprint density at radius 3 is 2.26 bits per heavy atom. The molecular formula is C13H7F2NO3. The first kappa shape index (κ1) is 12.8. The van der Waals surface area contributed by atoms with E-state index in [1.54, 1.807) is 0 Å². The van der Waals surface area contributed by atoms with Crippen molar-refractivity contribution in [1.82, 2.24) is 0 Å². The summed E-state index contributed by atoms with van der Waals surface area (Å²) in [5, 5.41) is 10.6. The maximum absolute atomic E-state index is 13.5. The van der Waals surface area contributed by atoms with Crippen LogP contribution in [0.25, 0.3) is 0 Å². The van der Waals surface area contributed by atoms with Crippen LogP contribution in [-0.2, 0) is 0 Å². The molecule has 0 spiro atoms. The molecule has 0 amide bonds. The third-order valence-corrected chi connectivity index (χ3v) is 2.52. The van der Waals surface area contributed by atoms with Crippen molar-refractivity contribution in [1.29, 1.82) is 0 Å². The molecule has 2 rings (SSSR count). The number of nitrogens with zero attached hydrogens (tertiary/aromatic N) is 1. The van der Waals surface area contributed by atoms with Gasteiger partial charge in [0.2, 0.25) is 0 Å². The molecule has 0 aliphatic carbocycles. The number of non-ortho nitro benzene ring substituents is 1. The van der Waals surface area contributed by atoms with Crippen LogP contribution in [0.4, 0.5) is 14.5 Å². The van der Waals surface area contributed by atoms with Crippen molar-refractivity contribution in [3.8, 4) is 0 Å². The highest BCUT2D eigenvalue weighted by Crippen LogP contribution is 2.21. The number of carbonyl (C=O) groups is 1. The van der Waals surface area contributed by atoms with E-state index in [2.05, 4.69) is 0 Å². The van der Waals surface area contributed by atoms with Gasteiger partial charge in [0.25, 0.3) is 5.69 Å². The SMILES string of the molecule is O=C(c1ccccc1F)c1cc([N+](=O)[O-])ccc1F. The Kier molecular flexibility index (Phi) is 3.33. The second kappa shape index (κ2) is 4.93. The minimum absolute atomic E-state index is 0.332. The normalized spacial score (nSPS) is 10.2. The lowest BCUT2D eigenvalue weighted by molar-refractivity contribution is -0.384. The summed E-state index contributed by atoms with van der Waals surface area (Å²) in [6.45, 7) is 0. The average Bonchev–Trinajstić information content (AvgIpc) is 2.38. The first-order valence-electron chi connectivity index (χ1n) is 5.24. The van der Waals surface area contributed by atoms with E-state index in [-0.39, 0.29) is 5.56 Å². The fourth-order valence-electron chi connectivity index (χ4n) is 1.59. The molecule has 6 heteroatoms. The Labute approximate surface area is 106 Å². The molecule has 0 aliphatic rings. The molecule has 0 saturated carbocycles.